The molecule has 0 saturated carbocycles. The number of amides is 1. The molecule has 0 fully saturated rings. The first-order valence-corrected chi connectivity index (χ1v) is 11.3. The highest BCUT2D eigenvalue weighted by molar-refractivity contribution is 6.08. The fraction of sp³-hybridized carbons (Fsp3) is 0.222. The second-order valence-corrected chi connectivity index (χ2v) is 8.10. The van der Waals surface area contributed by atoms with Crippen molar-refractivity contribution >= 4 is 28.9 Å². The van der Waals surface area contributed by atoms with Gasteiger partial charge >= 0.3 is 5.97 Å². The zero-order valence-electron chi connectivity index (χ0n) is 19.0. The minimum Gasteiger partial charge on any atom is -0.496 e. The Morgan fingerprint density at radius 2 is 1.68 bits per heavy atom. The van der Waals surface area contributed by atoms with E-state index < -0.39 is 17.9 Å². The fourth-order valence-electron chi connectivity index (χ4n) is 4.65. The van der Waals surface area contributed by atoms with Crippen molar-refractivity contribution in [2.45, 2.75) is 19.5 Å². The number of aromatic nitrogens is 2. The van der Waals surface area contributed by atoms with Gasteiger partial charge in [0.05, 0.1) is 37.3 Å². The number of benzene rings is 3. The van der Waals surface area contributed by atoms with Crippen LogP contribution in [0.5, 0.6) is 5.75 Å². The van der Waals surface area contributed by atoms with E-state index in [-0.39, 0.29) is 19.1 Å². The number of fused-ring (bicyclic) bond motifs is 3. The van der Waals surface area contributed by atoms with Crippen LogP contribution in [0.3, 0.4) is 0 Å². The lowest BCUT2D eigenvalue weighted by Gasteiger charge is -2.38. The monoisotopic (exact) mass is 455 g/mol. The van der Waals surface area contributed by atoms with Gasteiger partial charge in [-0.25, -0.2) is 4.98 Å². The molecule has 3 aromatic carbocycles. The van der Waals surface area contributed by atoms with Gasteiger partial charge in [-0.1, -0.05) is 60.7 Å². The lowest BCUT2D eigenvalue weighted by molar-refractivity contribution is -0.153. The minimum absolute atomic E-state index is 0.178. The number of imidazole rings is 1. The number of rotatable bonds is 6. The van der Waals surface area contributed by atoms with Crippen LogP contribution in [-0.4, -0.2) is 35.1 Å². The number of hydrogen-bond acceptors (Lipinski definition) is 5. The maximum Gasteiger partial charge on any atom is 0.321 e. The number of anilines is 1. The van der Waals surface area contributed by atoms with E-state index in [2.05, 4.69) is 0 Å². The number of nitrogens with zero attached hydrogens (tertiary/aromatic N) is 3. The van der Waals surface area contributed by atoms with Gasteiger partial charge in [0.25, 0.3) is 0 Å². The molecule has 4 aromatic rings. The minimum atomic E-state index is -1.09. The Morgan fingerprint density at radius 1 is 0.971 bits per heavy atom. The molecule has 7 nitrogen and oxygen atoms in total. The SMILES string of the molecule is CCOC(=O)[C@@H]1C(=O)N(Cc2ccccc2)c2nc3ccccc3n2[C@@H]1c1ccccc1OC. The molecule has 0 bridgehead atoms. The predicted molar refractivity (Wildman–Crippen MR) is 129 cm³/mol. The van der Waals surface area contributed by atoms with Gasteiger partial charge in [0.15, 0.2) is 5.92 Å². The molecule has 1 aromatic heterocycles. The summed E-state index contributed by atoms with van der Waals surface area (Å²) in [6.07, 6.45) is 0. The number of carbonyl (C=O) groups is 2. The highest BCUT2D eigenvalue weighted by Gasteiger charge is 2.48. The molecule has 0 radical (unpaired) electrons. The van der Waals surface area contributed by atoms with Crippen molar-refractivity contribution in [1.29, 1.82) is 0 Å². The molecule has 1 amide bonds. The topological polar surface area (TPSA) is 73.7 Å². The second-order valence-electron chi connectivity index (χ2n) is 8.10. The van der Waals surface area contributed by atoms with Crippen molar-refractivity contribution in [2.75, 3.05) is 18.6 Å². The van der Waals surface area contributed by atoms with Crippen molar-refractivity contribution in [2.24, 2.45) is 5.92 Å². The number of carbonyl (C=O) groups excluding carboxylic acids is 2. The maximum atomic E-state index is 14.0. The quantitative estimate of drug-likeness (QED) is 0.319. The smallest absolute Gasteiger partial charge is 0.321 e. The average molecular weight is 456 g/mol. The van der Waals surface area contributed by atoms with Gasteiger partial charge in [0.1, 0.15) is 5.75 Å². The van der Waals surface area contributed by atoms with E-state index in [1.54, 1.807) is 18.9 Å². The summed E-state index contributed by atoms with van der Waals surface area (Å²) in [7, 11) is 1.58. The lowest BCUT2D eigenvalue weighted by Crippen LogP contribution is -2.49. The first-order valence-electron chi connectivity index (χ1n) is 11.3. The molecule has 5 rings (SSSR count). The summed E-state index contributed by atoms with van der Waals surface area (Å²) in [5, 5.41) is 0. The van der Waals surface area contributed by atoms with Crippen LogP contribution in [0.4, 0.5) is 5.95 Å². The number of para-hydroxylation sites is 3. The van der Waals surface area contributed by atoms with Gasteiger partial charge in [-0.15, -0.1) is 0 Å². The molecule has 1 aliphatic heterocycles. The van der Waals surface area contributed by atoms with Crippen molar-refractivity contribution in [3.05, 3.63) is 90.0 Å². The van der Waals surface area contributed by atoms with Gasteiger partial charge in [-0.3, -0.25) is 14.5 Å². The second kappa shape index (κ2) is 9.02. The Balaban J connectivity index is 1.78. The third-order valence-electron chi connectivity index (χ3n) is 6.13. The molecule has 7 heteroatoms. The third-order valence-corrected chi connectivity index (χ3v) is 6.13. The summed E-state index contributed by atoms with van der Waals surface area (Å²) in [5.41, 5.74) is 3.23. The molecule has 2 heterocycles. The van der Waals surface area contributed by atoms with Crippen LogP contribution in [-0.2, 0) is 20.9 Å². The summed E-state index contributed by atoms with van der Waals surface area (Å²) in [6.45, 7) is 2.21. The first-order chi connectivity index (χ1) is 16.6. The van der Waals surface area contributed by atoms with Crippen LogP contribution in [0.1, 0.15) is 24.1 Å². The van der Waals surface area contributed by atoms with E-state index in [0.29, 0.717) is 11.7 Å². The third kappa shape index (κ3) is 3.59. The molecule has 34 heavy (non-hydrogen) atoms. The number of hydrogen-bond donors (Lipinski definition) is 0. The summed E-state index contributed by atoms with van der Waals surface area (Å²) in [6, 6.07) is 24.1. The van der Waals surface area contributed by atoms with Crippen LogP contribution in [0.15, 0.2) is 78.9 Å². The fourth-order valence-corrected chi connectivity index (χ4v) is 4.65. The van der Waals surface area contributed by atoms with Crippen molar-refractivity contribution in [3.8, 4) is 5.75 Å². The van der Waals surface area contributed by atoms with Crippen molar-refractivity contribution < 1.29 is 19.1 Å². The van der Waals surface area contributed by atoms with Crippen LogP contribution >= 0.6 is 0 Å². The van der Waals surface area contributed by atoms with Gasteiger partial charge in [-0.2, -0.15) is 0 Å². The molecule has 0 aliphatic carbocycles. The highest BCUT2D eigenvalue weighted by Crippen LogP contribution is 2.44. The molecule has 2 atom stereocenters. The van der Waals surface area contributed by atoms with Gasteiger partial charge in [0.2, 0.25) is 11.9 Å². The molecule has 0 saturated heterocycles. The van der Waals surface area contributed by atoms with Crippen molar-refractivity contribution in [1.82, 2.24) is 9.55 Å². The van der Waals surface area contributed by atoms with Gasteiger partial charge in [0, 0.05) is 5.56 Å². The molecular weight excluding hydrogens is 430 g/mol. The summed E-state index contributed by atoms with van der Waals surface area (Å²) in [4.78, 5) is 33.7. The van der Waals surface area contributed by atoms with Crippen LogP contribution in [0, 0.1) is 5.92 Å². The molecule has 172 valence electrons. The van der Waals surface area contributed by atoms with Gasteiger partial charge < -0.3 is 14.0 Å². The summed E-state index contributed by atoms with van der Waals surface area (Å²) in [5.74, 6) is -0.919. The average Bonchev–Trinajstić information content (AvgIpc) is 3.25. The zero-order chi connectivity index (χ0) is 23.7. The van der Waals surface area contributed by atoms with E-state index in [0.717, 1.165) is 22.2 Å². The standard InChI is InChI=1S/C27H25N3O4/c1-3-34-26(32)23-24(19-13-7-10-16-22(19)33-2)30-21-15-9-8-14-20(21)28-27(30)29(25(23)31)17-18-11-5-4-6-12-18/h4-16,23-24H,3,17H2,1-2H3/t23-,24+/m0/s1. The van der Waals surface area contributed by atoms with E-state index >= 15 is 0 Å². The van der Waals surface area contributed by atoms with Gasteiger partial charge in [-0.05, 0) is 30.7 Å². The Labute approximate surface area is 197 Å². The van der Waals surface area contributed by atoms with Crippen molar-refractivity contribution in [3.63, 3.8) is 0 Å². The summed E-state index contributed by atoms with van der Waals surface area (Å²) >= 11 is 0. The Hall–Kier alpha value is -4.13. The van der Waals surface area contributed by atoms with Crippen LogP contribution < -0.4 is 9.64 Å². The number of methoxy groups -OCH3 is 1. The normalized spacial score (nSPS) is 17.5. The Kier molecular flexibility index (Phi) is 5.76. The summed E-state index contributed by atoms with van der Waals surface area (Å²) < 4.78 is 13.0. The number of esters is 1. The highest BCUT2D eigenvalue weighted by atomic mass is 16.5. The van der Waals surface area contributed by atoms with E-state index in [4.69, 9.17) is 14.5 Å². The molecule has 0 unspecified atom stereocenters. The largest absolute Gasteiger partial charge is 0.496 e. The molecule has 0 N–H and O–H groups in total. The Morgan fingerprint density at radius 3 is 2.44 bits per heavy atom. The van der Waals surface area contributed by atoms with E-state index in [1.165, 1.54) is 0 Å². The van der Waals surface area contributed by atoms with E-state index in [9.17, 15) is 9.59 Å². The van der Waals surface area contributed by atoms with Crippen LogP contribution in [0.25, 0.3) is 11.0 Å². The Bertz CT molecular complexity index is 1350. The maximum absolute atomic E-state index is 14.0. The first kappa shape index (κ1) is 21.7. The predicted octanol–water partition coefficient (Wildman–Crippen LogP) is 4.36. The molecular formula is C27H25N3O4. The molecule has 0 spiro atoms. The van der Waals surface area contributed by atoms with Crippen LogP contribution in [0.2, 0.25) is 0 Å². The zero-order valence-corrected chi connectivity index (χ0v) is 19.0. The lowest BCUT2D eigenvalue weighted by atomic mass is 9.88. The number of ether oxygens (including phenoxy) is 2. The molecule has 1 aliphatic rings. The van der Waals surface area contributed by atoms with E-state index in [1.807, 2.05) is 83.4 Å².